The lowest BCUT2D eigenvalue weighted by Crippen LogP contribution is -2.52. The molecule has 0 aromatic carbocycles. The molecule has 2 aromatic rings. The molecule has 0 N–H and O–H groups in total. The quantitative estimate of drug-likeness (QED) is 0.842. The Hall–Kier alpha value is -2.41. The van der Waals surface area contributed by atoms with Crippen LogP contribution in [-0.2, 0) is 4.74 Å². The van der Waals surface area contributed by atoms with Crippen LogP contribution in [0.5, 0.6) is 0 Å². The topological polar surface area (TPSA) is 77.6 Å². The van der Waals surface area contributed by atoms with Crippen LogP contribution in [0.2, 0.25) is 0 Å². The van der Waals surface area contributed by atoms with E-state index >= 15 is 0 Å². The van der Waals surface area contributed by atoms with Crippen LogP contribution in [0.15, 0.2) is 21.3 Å². The highest BCUT2D eigenvalue weighted by Gasteiger charge is 2.36. The number of aryl methyl sites for hydroxylation is 3. The van der Waals surface area contributed by atoms with E-state index in [1.54, 1.807) is 17.9 Å². The molecule has 2 aliphatic rings. The van der Waals surface area contributed by atoms with E-state index in [9.17, 15) is 9.59 Å². The van der Waals surface area contributed by atoms with E-state index < -0.39 is 5.63 Å². The highest BCUT2D eigenvalue weighted by Crippen LogP contribution is 2.29. The molecule has 0 spiro atoms. The number of amides is 1. The van der Waals surface area contributed by atoms with Crippen LogP contribution in [0.4, 0.5) is 0 Å². The third-order valence-corrected chi connectivity index (χ3v) is 5.17. The van der Waals surface area contributed by atoms with Crippen LogP contribution < -0.4 is 5.63 Å². The Bertz CT molecular complexity index is 902. The number of aromatic nitrogens is 2. The second kappa shape index (κ2) is 6.39. The van der Waals surface area contributed by atoms with Gasteiger partial charge in [0, 0.05) is 25.4 Å². The maximum absolute atomic E-state index is 12.8. The van der Waals surface area contributed by atoms with Crippen LogP contribution >= 0.6 is 0 Å². The number of nitrogens with zero attached hydrogens (tertiary/aromatic N) is 3. The Kier molecular flexibility index (Phi) is 4.19. The molecule has 26 heavy (non-hydrogen) atoms. The number of carbonyl (C=O) groups excluding carboxylic acids is 1. The van der Waals surface area contributed by atoms with Gasteiger partial charge >= 0.3 is 5.63 Å². The fourth-order valence-electron chi connectivity index (χ4n) is 3.80. The number of ether oxygens (including phenoxy) is 1. The predicted octanol–water partition coefficient (Wildman–Crippen LogP) is 2.31. The summed E-state index contributed by atoms with van der Waals surface area (Å²) in [6, 6.07) is 3.95. The molecule has 1 unspecified atom stereocenters. The van der Waals surface area contributed by atoms with E-state index in [1.807, 2.05) is 24.6 Å². The van der Waals surface area contributed by atoms with Gasteiger partial charge in [-0.15, -0.1) is 0 Å². The normalized spacial score (nSPS) is 20.4. The molecule has 7 heteroatoms. The zero-order valence-electron chi connectivity index (χ0n) is 15.3. The highest BCUT2D eigenvalue weighted by atomic mass is 16.5. The third kappa shape index (κ3) is 2.86. The van der Waals surface area contributed by atoms with E-state index in [0.717, 1.165) is 24.2 Å². The van der Waals surface area contributed by atoms with Gasteiger partial charge in [-0.25, -0.2) is 4.79 Å². The molecular formula is C19H23N3O4. The van der Waals surface area contributed by atoms with Crippen molar-refractivity contribution in [1.82, 2.24) is 14.7 Å². The average molecular weight is 357 g/mol. The van der Waals surface area contributed by atoms with Gasteiger partial charge in [0.25, 0.3) is 5.91 Å². The molecule has 2 aromatic heterocycles. The largest absolute Gasteiger partial charge is 0.424 e. The van der Waals surface area contributed by atoms with Gasteiger partial charge in [-0.1, -0.05) is 0 Å². The summed E-state index contributed by atoms with van der Waals surface area (Å²) >= 11 is 0. The Morgan fingerprint density at radius 1 is 1.23 bits per heavy atom. The fraction of sp³-hybridized carbons (Fsp3) is 0.526. The van der Waals surface area contributed by atoms with Gasteiger partial charge in [0.05, 0.1) is 11.7 Å². The van der Waals surface area contributed by atoms with Crippen LogP contribution in [0.1, 0.15) is 58.1 Å². The molecule has 2 saturated heterocycles. The average Bonchev–Trinajstić information content (AvgIpc) is 3.15. The lowest BCUT2D eigenvalue weighted by atomic mass is 10.0. The second-order valence-electron chi connectivity index (χ2n) is 7.23. The standard InChI is InChI=1S/C19H23N3O4/c1-11-7-16(15-5-4-6-25-15)26-19(24)17(11)18(23)21-9-14(10-21)22-13(3)8-12(2)20-22/h7-8,14-15H,4-6,9-10H2,1-3H3. The van der Waals surface area contributed by atoms with Crippen molar-refractivity contribution >= 4 is 5.91 Å². The number of hydrogen-bond acceptors (Lipinski definition) is 5. The molecule has 1 amide bonds. The summed E-state index contributed by atoms with van der Waals surface area (Å²) < 4.78 is 12.9. The van der Waals surface area contributed by atoms with Crippen molar-refractivity contribution in [2.75, 3.05) is 19.7 Å². The SMILES string of the molecule is Cc1cc(C)n(C2CN(C(=O)c3c(C)cc(C4CCCO4)oc3=O)C2)n1. The van der Waals surface area contributed by atoms with E-state index in [-0.39, 0.29) is 23.6 Å². The van der Waals surface area contributed by atoms with Crippen LogP contribution in [-0.4, -0.2) is 40.3 Å². The fourth-order valence-corrected chi connectivity index (χ4v) is 3.80. The van der Waals surface area contributed by atoms with Gasteiger partial charge in [-0.05, 0) is 51.3 Å². The summed E-state index contributed by atoms with van der Waals surface area (Å²) in [5, 5.41) is 4.47. The number of likely N-dealkylation sites (tertiary alicyclic amines) is 1. The molecule has 0 bridgehead atoms. The summed E-state index contributed by atoms with van der Waals surface area (Å²) in [5.41, 5.74) is 2.24. The lowest BCUT2D eigenvalue weighted by molar-refractivity contribution is 0.0488. The molecule has 2 aliphatic heterocycles. The van der Waals surface area contributed by atoms with Crippen LogP contribution in [0.3, 0.4) is 0 Å². The van der Waals surface area contributed by atoms with Gasteiger partial charge in [0.1, 0.15) is 17.4 Å². The Labute approximate surface area is 151 Å². The van der Waals surface area contributed by atoms with Crippen LogP contribution in [0.25, 0.3) is 0 Å². The molecule has 2 fully saturated rings. The summed E-state index contributed by atoms with van der Waals surface area (Å²) in [6.07, 6.45) is 1.62. The van der Waals surface area contributed by atoms with Crippen molar-refractivity contribution < 1.29 is 13.9 Å². The molecule has 0 aliphatic carbocycles. The highest BCUT2D eigenvalue weighted by molar-refractivity contribution is 5.95. The molecular weight excluding hydrogens is 334 g/mol. The van der Waals surface area contributed by atoms with Crippen molar-refractivity contribution in [2.24, 2.45) is 0 Å². The minimum atomic E-state index is -0.574. The molecule has 0 radical (unpaired) electrons. The second-order valence-corrected chi connectivity index (χ2v) is 7.23. The van der Waals surface area contributed by atoms with Crippen molar-refractivity contribution in [1.29, 1.82) is 0 Å². The molecule has 7 nitrogen and oxygen atoms in total. The molecule has 0 saturated carbocycles. The molecule has 4 rings (SSSR count). The number of carbonyl (C=O) groups is 1. The van der Waals surface area contributed by atoms with Crippen molar-refractivity contribution in [3.8, 4) is 0 Å². The number of rotatable bonds is 3. The van der Waals surface area contributed by atoms with Gasteiger partial charge in [0.2, 0.25) is 0 Å². The minimum Gasteiger partial charge on any atom is -0.424 e. The first-order valence-corrected chi connectivity index (χ1v) is 9.02. The third-order valence-electron chi connectivity index (χ3n) is 5.17. The van der Waals surface area contributed by atoms with Crippen LogP contribution in [0, 0.1) is 20.8 Å². The number of hydrogen-bond donors (Lipinski definition) is 0. The molecule has 138 valence electrons. The Morgan fingerprint density at radius 3 is 2.58 bits per heavy atom. The van der Waals surface area contributed by atoms with E-state index in [1.165, 1.54) is 0 Å². The van der Waals surface area contributed by atoms with Crippen molar-refractivity contribution in [3.63, 3.8) is 0 Å². The summed E-state index contributed by atoms with van der Waals surface area (Å²) in [7, 11) is 0. The first-order chi connectivity index (χ1) is 12.4. The maximum Gasteiger partial charge on any atom is 0.349 e. The first-order valence-electron chi connectivity index (χ1n) is 9.02. The minimum absolute atomic E-state index is 0.124. The predicted molar refractivity (Wildman–Crippen MR) is 94.3 cm³/mol. The molecule has 4 heterocycles. The van der Waals surface area contributed by atoms with Gasteiger partial charge in [-0.3, -0.25) is 9.48 Å². The van der Waals surface area contributed by atoms with E-state index in [4.69, 9.17) is 9.15 Å². The maximum atomic E-state index is 12.8. The lowest BCUT2D eigenvalue weighted by Gasteiger charge is -2.39. The zero-order chi connectivity index (χ0) is 18.4. The Balaban J connectivity index is 1.50. The van der Waals surface area contributed by atoms with Gasteiger partial charge in [-0.2, -0.15) is 5.10 Å². The smallest absolute Gasteiger partial charge is 0.349 e. The zero-order valence-corrected chi connectivity index (χ0v) is 15.3. The van der Waals surface area contributed by atoms with Crippen molar-refractivity contribution in [2.45, 2.75) is 45.8 Å². The summed E-state index contributed by atoms with van der Waals surface area (Å²) in [6.45, 7) is 7.51. The summed E-state index contributed by atoms with van der Waals surface area (Å²) in [4.78, 5) is 26.9. The van der Waals surface area contributed by atoms with Gasteiger partial charge in [0.15, 0.2) is 0 Å². The monoisotopic (exact) mass is 357 g/mol. The van der Waals surface area contributed by atoms with Crippen molar-refractivity contribution in [3.05, 3.63) is 50.8 Å². The van der Waals surface area contributed by atoms with Gasteiger partial charge < -0.3 is 14.1 Å². The Morgan fingerprint density at radius 2 is 2.00 bits per heavy atom. The first kappa shape index (κ1) is 17.0. The molecule has 1 atom stereocenters. The van der Waals surface area contributed by atoms with E-state index in [2.05, 4.69) is 5.10 Å². The van der Waals surface area contributed by atoms with E-state index in [0.29, 0.717) is 31.0 Å². The summed E-state index contributed by atoms with van der Waals surface area (Å²) in [5.74, 6) is 0.249.